The summed E-state index contributed by atoms with van der Waals surface area (Å²) in [6, 6.07) is 7.62. The van der Waals surface area contributed by atoms with Crippen LogP contribution in [-0.4, -0.2) is 47.8 Å². The molecule has 4 rings (SSSR count). The van der Waals surface area contributed by atoms with Crippen LogP contribution in [0, 0.1) is 17.8 Å². The number of hydrogen-bond acceptors (Lipinski definition) is 4. The number of carbonyl (C=O) groups is 1. The third-order valence-corrected chi connectivity index (χ3v) is 4.75. The van der Waals surface area contributed by atoms with Crippen molar-refractivity contribution in [2.24, 2.45) is 5.92 Å². The van der Waals surface area contributed by atoms with E-state index in [0.717, 1.165) is 37.1 Å². The van der Waals surface area contributed by atoms with E-state index >= 15 is 0 Å². The fourth-order valence-electron chi connectivity index (χ4n) is 3.43. The summed E-state index contributed by atoms with van der Waals surface area (Å²) in [4.78, 5) is 13.7. The zero-order valence-electron chi connectivity index (χ0n) is 13.5. The van der Waals surface area contributed by atoms with Crippen molar-refractivity contribution in [1.82, 2.24) is 4.90 Å². The van der Waals surface area contributed by atoms with Gasteiger partial charge in [-0.2, -0.15) is 0 Å². The van der Waals surface area contributed by atoms with Crippen LogP contribution in [-0.2, 0) is 16.0 Å². The molecule has 0 radical (unpaired) electrons. The van der Waals surface area contributed by atoms with Crippen molar-refractivity contribution >= 4 is 5.97 Å². The molecule has 2 bridgehead atoms. The van der Waals surface area contributed by atoms with Gasteiger partial charge in [-0.1, -0.05) is 24.0 Å². The van der Waals surface area contributed by atoms with Gasteiger partial charge in [0.2, 0.25) is 0 Å². The second kappa shape index (κ2) is 7.16. The number of esters is 1. The Morgan fingerprint density at radius 3 is 2.61 bits per heavy atom. The van der Waals surface area contributed by atoms with Gasteiger partial charge in [0.15, 0.2) is 0 Å². The smallest absolute Gasteiger partial charge is 0.310 e. The molecule has 0 spiro atoms. The van der Waals surface area contributed by atoms with Crippen molar-refractivity contribution in [2.75, 3.05) is 19.7 Å². The fourth-order valence-corrected chi connectivity index (χ4v) is 3.43. The molecule has 3 aliphatic rings. The molecule has 0 aromatic heterocycles. The summed E-state index contributed by atoms with van der Waals surface area (Å²) < 4.78 is 4.94. The van der Waals surface area contributed by atoms with Crippen molar-refractivity contribution in [3.8, 4) is 11.8 Å². The number of rotatable bonds is 3. The van der Waals surface area contributed by atoms with E-state index in [1.165, 1.54) is 0 Å². The summed E-state index contributed by atoms with van der Waals surface area (Å²) in [5.74, 6) is 6.60. The van der Waals surface area contributed by atoms with Gasteiger partial charge in [0, 0.05) is 5.56 Å². The minimum absolute atomic E-state index is 0.0401. The Morgan fingerprint density at radius 2 is 2.00 bits per heavy atom. The SMILES string of the molecule is CCOC(=O)Cc1ccc(C#CC2C(O)C3CCN2CC3)cc1. The van der Waals surface area contributed by atoms with Gasteiger partial charge in [0.1, 0.15) is 0 Å². The van der Waals surface area contributed by atoms with Crippen LogP contribution in [0.25, 0.3) is 0 Å². The predicted octanol–water partition coefficient (Wildman–Crippen LogP) is 1.60. The second-order valence-electron chi connectivity index (χ2n) is 6.26. The van der Waals surface area contributed by atoms with Crippen LogP contribution in [0.15, 0.2) is 24.3 Å². The first-order valence-electron chi connectivity index (χ1n) is 8.35. The van der Waals surface area contributed by atoms with Gasteiger partial charge < -0.3 is 9.84 Å². The van der Waals surface area contributed by atoms with E-state index in [9.17, 15) is 9.90 Å². The normalized spacial score (nSPS) is 28.8. The summed E-state index contributed by atoms with van der Waals surface area (Å²) >= 11 is 0. The van der Waals surface area contributed by atoms with Crippen LogP contribution in [0.3, 0.4) is 0 Å². The van der Waals surface area contributed by atoms with Crippen molar-refractivity contribution in [2.45, 2.75) is 38.3 Å². The molecule has 0 aliphatic carbocycles. The van der Waals surface area contributed by atoms with E-state index in [1.54, 1.807) is 6.92 Å². The Labute approximate surface area is 137 Å². The molecular formula is C19H23NO3. The van der Waals surface area contributed by atoms with E-state index in [2.05, 4.69) is 16.7 Å². The molecule has 122 valence electrons. The highest BCUT2D eigenvalue weighted by Crippen LogP contribution is 2.31. The minimum Gasteiger partial charge on any atom is -0.466 e. The molecule has 3 aliphatic heterocycles. The molecule has 23 heavy (non-hydrogen) atoms. The number of piperidine rings is 3. The summed E-state index contributed by atoms with van der Waals surface area (Å²) in [6.45, 7) is 4.29. The van der Waals surface area contributed by atoms with Gasteiger partial charge in [-0.15, -0.1) is 0 Å². The lowest BCUT2D eigenvalue weighted by Gasteiger charge is -2.46. The number of aliphatic hydroxyl groups is 1. The molecule has 4 heteroatoms. The summed E-state index contributed by atoms with van der Waals surface area (Å²) in [7, 11) is 0. The monoisotopic (exact) mass is 313 g/mol. The second-order valence-corrected chi connectivity index (χ2v) is 6.26. The number of aliphatic hydroxyl groups excluding tert-OH is 1. The molecule has 0 saturated carbocycles. The number of fused-ring (bicyclic) bond motifs is 3. The molecule has 2 atom stereocenters. The lowest BCUT2D eigenvalue weighted by Crippen LogP contribution is -2.57. The van der Waals surface area contributed by atoms with E-state index in [0.29, 0.717) is 18.9 Å². The molecule has 1 aromatic carbocycles. The van der Waals surface area contributed by atoms with Crippen LogP contribution < -0.4 is 0 Å². The van der Waals surface area contributed by atoms with E-state index in [4.69, 9.17) is 4.74 Å². The molecule has 1 N–H and O–H groups in total. The maximum absolute atomic E-state index is 11.5. The zero-order chi connectivity index (χ0) is 16.2. The Morgan fingerprint density at radius 1 is 1.30 bits per heavy atom. The Hall–Kier alpha value is -1.83. The van der Waals surface area contributed by atoms with Crippen LogP contribution >= 0.6 is 0 Å². The quantitative estimate of drug-likeness (QED) is 0.680. The van der Waals surface area contributed by atoms with Gasteiger partial charge in [-0.3, -0.25) is 9.69 Å². The average Bonchev–Trinajstić information content (AvgIpc) is 2.57. The largest absolute Gasteiger partial charge is 0.466 e. The number of carbonyl (C=O) groups excluding carboxylic acids is 1. The summed E-state index contributed by atoms with van der Waals surface area (Å²) in [5.41, 5.74) is 1.84. The number of benzene rings is 1. The molecule has 3 saturated heterocycles. The van der Waals surface area contributed by atoms with Gasteiger partial charge in [0.05, 0.1) is 25.2 Å². The molecular weight excluding hydrogens is 290 g/mol. The lowest BCUT2D eigenvalue weighted by atomic mass is 9.81. The highest BCUT2D eigenvalue weighted by Gasteiger charge is 2.40. The van der Waals surface area contributed by atoms with Gasteiger partial charge in [-0.25, -0.2) is 0 Å². The molecule has 3 fully saturated rings. The van der Waals surface area contributed by atoms with E-state index in [-0.39, 0.29) is 18.1 Å². The molecule has 3 heterocycles. The third-order valence-electron chi connectivity index (χ3n) is 4.75. The Kier molecular flexibility index (Phi) is 5.00. The highest BCUT2D eigenvalue weighted by atomic mass is 16.5. The van der Waals surface area contributed by atoms with E-state index in [1.807, 2.05) is 24.3 Å². The first kappa shape index (κ1) is 16.0. The van der Waals surface area contributed by atoms with Crippen molar-refractivity contribution in [3.63, 3.8) is 0 Å². The van der Waals surface area contributed by atoms with E-state index < -0.39 is 0 Å². The highest BCUT2D eigenvalue weighted by molar-refractivity contribution is 5.72. The van der Waals surface area contributed by atoms with Crippen LogP contribution in [0.1, 0.15) is 30.9 Å². The predicted molar refractivity (Wildman–Crippen MR) is 87.7 cm³/mol. The lowest BCUT2D eigenvalue weighted by molar-refractivity contribution is -0.142. The number of hydrogen-bond donors (Lipinski definition) is 1. The van der Waals surface area contributed by atoms with Crippen molar-refractivity contribution < 1.29 is 14.6 Å². The van der Waals surface area contributed by atoms with Crippen molar-refractivity contribution in [1.29, 1.82) is 0 Å². The Balaban J connectivity index is 1.64. The van der Waals surface area contributed by atoms with Crippen LogP contribution in [0.5, 0.6) is 0 Å². The van der Waals surface area contributed by atoms with Gasteiger partial charge in [-0.05, 0) is 56.5 Å². The Bertz CT molecular complexity index is 604. The van der Waals surface area contributed by atoms with Crippen molar-refractivity contribution in [3.05, 3.63) is 35.4 Å². The fraction of sp³-hybridized carbons (Fsp3) is 0.526. The maximum Gasteiger partial charge on any atom is 0.310 e. The first-order chi connectivity index (χ1) is 11.2. The first-order valence-corrected chi connectivity index (χ1v) is 8.35. The maximum atomic E-state index is 11.5. The topological polar surface area (TPSA) is 49.8 Å². The molecule has 2 unspecified atom stereocenters. The van der Waals surface area contributed by atoms with Crippen LogP contribution in [0.2, 0.25) is 0 Å². The average molecular weight is 313 g/mol. The summed E-state index contributed by atoms with van der Waals surface area (Å²) in [6.07, 6.45) is 2.13. The van der Waals surface area contributed by atoms with Crippen LogP contribution in [0.4, 0.5) is 0 Å². The minimum atomic E-state index is -0.326. The van der Waals surface area contributed by atoms with Gasteiger partial charge in [0.25, 0.3) is 0 Å². The number of ether oxygens (including phenoxy) is 1. The van der Waals surface area contributed by atoms with Gasteiger partial charge >= 0.3 is 5.97 Å². The summed E-state index contributed by atoms with van der Waals surface area (Å²) in [5, 5.41) is 10.3. The molecule has 1 aromatic rings. The molecule has 4 nitrogen and oxygen atoms in total. The number of nitrogens with zero attached hydrogens (tertiary/aromatic N) is 1. The third kappa shape index (κ3) is 3.74. The standard InChI is InChI=1S/C19H23NO3/c1-2-23-18(21)13-15-5-3-14(4-6-15)7-8-17-19(22)16-9-11-20(17)12-10-16/h3-6,16-17,19,22H,2,9-13H2,1H3. The molecule has 0 amide bonds. The zero-order valence-corrected chi connectivity index (χ0v) is 13.5.